The summed E-state index contributed by atoms with van der Waals surface area (Å²) in [5.41, 5.74) is 0.854. The molecule has 1 aromatic rings. The standard InChI is InChI=1S/C12H15N3O2/c1-4-5-9(12(16)17)15-11-6-10(8(2)3)13-7-14-11/h1,6-9H,5H2,2-3H3,(H,16,17)(H,13,14,15). The van der Waals surface area contributed by atoms with E-state index < -0.39 is 12.0 Å². The van der Waals surface area contributed by atoms with Gasteiger partial charge in [0.1, 0.15) is 18.2 Å². The van der Waals surface area contributed by atoms with Crippen LogP contribution in [0.3, 0.4) is 0 Å². The number of terminal acetylenes is 1. The molecule has 0 spiro atoms. The van der Waals surface area contributed by atoms with Crippen molar-refractivity contribution in [3.8, 4) is 12.3 Å². The molecule has 1 unspecified atom stereocenters. The summed E-state index contributed by atoms with van der Waals surface area (Å²) >= 11 is 0. The van der Waals surface area contributed by atoms with E-state index in [4.69, 9.17) is 11.5 Å². The zero-order chi connectivity index (χ0) is 12.8. The highest BCUT2D eigenvalue weighted by Gasteiger charge is 2.16. The highest BCUT2D eigenvalue weighted by Crippen LogP contribution is 2.14. The quantitative estimate of drug-likeness (QED) is 0.753. The van der Waals surface area contributed by atoms with Crippen LogP contribution in [0, 0.1) is 12.3 Å². The van der Waals surface area contributed by atoms with Gasteiger partial charge in [-0.1, -0.05) is 13.8 Å². The molecule has 17 heavy (non-hydrogen) atoms. The molecular formula is C12H15N3O2. The molecule has 5 heteroatoms. The lowest BCUT2D eigenvalue weighted by molar-refractivity contribution is -0.137. The molecule has 5 nitrogen and oxygen atoms in total. The maximum Gasteiger partial charge on any atom is 0.327 e. The average molecular weight is 233 g/mol. The summed E-state index contributed by atoms with van der Waals surface area (Å²) in [5.74, 6) is 2.06. The first-order valence-corrected chi connectivity index (χ1v) is 5.29. The summed E-state index contributed by atoms with van der Waals surface area (Å²) in [7, 11) is 0. The zero-order valence-corrected chi connectivity index (χ0v) is 9.84. The van der Waals surface area contributed by atoms with E-state index in [0.29, 0.717) is 5.82 Å². The molecule has 2 N–H and O–H groups in total. The van der Waals surface area contributed by atoms with E-state index in [2.05, 4.69) is 21.2 Å². The van der Waals surface area contributed by atoms with Gasteiger partial charge in [-0.05, 0) is 5.92 Å². The van der Waals surface area contributed by atoms with E-state index in [0.717, 1.165) is 5.69 Å². The summed E-state index contributed by atoms with van der Waals surface area (Å²) in [4.78, 5) is 19.0. The van der Waals surface area contributed by atoms with Gasteiger partial charge < -0.3 is 10.4 Å². The Morgan fingerprint density at radius 1 is 1.59 bits per heavy atom. The molecule has 1 rings (SSSR count). The number of carboxylic acid groups (broad SMARTS) is 1. The van der Waals surface area contributed by atoms with Crippen LogP contribution >= 0.6 is 0 Å². The van der Waals surface area contributed by atoms with Crippen LogP contribution in [0.1, 0.15) is 31.9 Å². The van der Waals surface area contributed by atoms with Crippen LogP contribution in [0.5, 0.6) is 0 Å². The molecule has 0 bridgehead atoms. The number of aromatic nitrogens is 2. The van der Waals surface area contributed by atoms with Gasteiger partial charge in [-0.25, -0.2) is 14.8 Å². The van der Waals surface area contributed by atoms with Crippen molar-refractivity contribution < 1.29 is 9.90 Å². The van der Waals surface area contributed by atoms with Gasteiger partial charge in [0.15, 0.2) is 0 Å². The minimum atomic E-state index is -0.993. The molecule has 0 radical (unpaired) electrons. The maximum atomic E-state index is 10.9. The molecule has 0 aliphatic heterocycles. The van der Waals surface area contributed by atoms with Crippen molar-refractivity contribution in [2.24, 2.45) is 0 Å². The Balaban J connectivity index is 2.83. The van der Waals surface area contributed by atoms with Crippen LogP contribution in [0.4, 0.5) is 5.82 Å². The van der Waals surface area contributed by atoms with Crippen molar-refractivity contribution in [2.45, 2.75) is 32.2 Å². The topological polar surface area (TPSA) is 75.1 Å². The largest absolute Gasteiger partial charge is 0.480 e. The van der Waals surface area contributed by atoms with Crippen LogP contribution < -0.4 is 5.32 Å². The molecule has 0 aliphatic carbocycles. The van der Waals surface area contributed by atoms with E-state index in [9.17, 15) is 4.79 Å². The second-order valence-electron chi connectivity index (χ2n) is 3.93. The van der Waals surface area contributed by atoms with Gasteiger partial charge in [-0.3, -0.25) is 0 Å². The molecule has 0 saturated carbocycles. The number of hydrogen-bond donors (Lipinski definition) is 2. The molecular weight excluding hydrogens is 218 g/mol. The van der Waals surface area contributed by atoms with Crippen molar-refractivity contribution >= 4 is 11.8 Å². The lowest BCUT2D eigenvalue weighted by Gasteiger charge is -2.13. The van der Waals surface area contributed by atoms with Gasteiger partial charge in [-0.2, -0.15) is 0 Å². The number of aliphatic carboxylic acids is 1. The van der Waals surface area contributed by atoms with Crippen molar-refractivity contribution in [3.05, 3.63) is 18.1 Å². The highest BCUT2D eigenvalue weighted by molar-refractivity contribution is 5.77. The van der Waals surface area contributed by atoms with Crippen LogP contribution in [0.15, 0.2) is 12.4 Å². The Bertz CT molecular complexity index is 438. The Morgan fingerprint density at radius 2 is 2.29 bits per heavy atom. The molecule has 1 atom stereocenters. The fraction of sp³-hybridized carbons (Fsp3) is 0.417. The molecule has 0 fully saturated rings. The summed E-state index contributed by atoms with van der Waals surface area (Å²) in [5, 5.41) is 11.7. The predicted octanol–water partition coefficient (Wildman–Crippen LogP) is 1.49. The number of carbonyl (C=O) groups is 1. The van der Waals surface area contributed by atoms with E-state index >= 15 is 0 Å². The predicted molar refractivity (Wildman–Crippen MR) is 64.6 cm³/mol. The lowest BCUT2D eigenvalue weighted by atomic mass is 10.1. The maximum absolute atomic E-state index is 10.9. The number of nitrogens with one attached hydrogen (secondary N) is 1. The minimum Gasteiger partial charge on any atom is -0.480 e. The molecule has 0 aromatic carbocycles. The fourth-order valence-corrected chi connectivity index (χ4v) is 1.26. The SMILES string of the molecule is C#CCC(Nc1cc(C(C)C)ncn1)C(=O)O. The second-order valence-corrected chi connectivity index (χ2v) is 3.93. The van der Waals surface area contributed by atoms with Crippen molar-refractivity contribution in [2.75, 3.05) is 5.32 Å². The van der Waals surface area contributed by atoms with Gasteiger partial charge >= 0.3 is 5.97 Å². The number of carboxylic acids is 1. The first-order chi connectivity index (χ1) is 8.04. The average Bonchev–Trinajstić information content (AvgIpc) is 2.28. The summed E-state index contributed by atoms with van der Waals surface area (Å²) < 4.78 is 0. The first kappa shape index (κ1) is 13.0. The number of anilines is 1. The monoisotopic (exact) mass is 233 g/mol. The highest BCUT2D eigenvalue weighted by atomic mass is 16.4. The van der Waals surface area contributed by atoms with Gasteiger partial charge in [0.25, 0.3) is 0 Å². The molecule has 1 heterocycles. The Morgan fingerprint density at radius 3 is 2.82 bits per heavy atom. The molecule has 0 amide bonds. The zero-order valence-electron chi connectivity index (χ0n) is 9.84. The van der Waals surface area contributed by atoms with E-state index in [1.165, 1.54) is 6.33 Å². The Hall–Kier alpha value is -2.09. The third-order valence-corrected chi connectivity index (χ3v) is 2.22. The smallest absolute Gasteiger partial charge is 0.327 e. The molecule has 0 saturated heterocycles. The van der Waals surface area contributed by atoms with Crippen LogP contribution in [-0.2, 0) is 4.79 Å². The molecule has 0 aliphatic rings. The lowest BCUT2D eigenvalue weighted by Crippen LogP contribution is -2.29. The minimum absolute atomic E-state index is 0.107. The summed E-state index contributed by atoms with van der Waals surface area (Å²) in [6.45, 7) is 4.00. The first-order valence-electron chi connectivity index (χ1n) is 5.29. The van der Waals surface area contributed by atoms with E-state index in [-0.39, 0.29) is 12.3 Å². The van der Waals surface area contributed by atoms with Crippen LogP contribution in [0.25, 0.3) is 0 Å². The number of hydrogen-bond acceptors (Lipinski definition) is 4. The van der Waals surface area contributed by atoms with Crippen molar-refractivity contribution in [1.29, 1.82) is 0 Å². The molecule has 90 valence electrons. The van der Waals surface area contributed by atoms with Crippen LogP contribution in [0.2, 0.25) is 0 Å². The number of rotatable bonds is 5. The van der Waals surface area contributed by atoms with Gasteiger partial charge in [-0.15, -0.1) is 12.3 Å². The van der Waals surface area contributed by atoms with Crippen molar-refractivity contribution in [1.82, 2.24) is 9.97 Å². The van der Waals surface area contributed by atoms with E-state index in [1.807, 2.05) is 13.8 Å². The van der Waals surface area contributed by atoms with Crippen LogP contribution in [-0.4, -0.2) is 27.1 Å². The molecule has 1 aromatic heterocycles. The normalized spacial score (nSPS) is 11.9. The third-order valence-electron chi connectivity index (χ3n) is 2.22. The summed E-state index contributed by atoms with van der Waals surface area (Å²) in [6, 6.07) is 0.909. The Labute approximate surface area is 100 Å². The van der Waals surface area contributed by atoms with Gasteiger partial charge in [0.05, 0.1) is 0 Å². The summed E-state index contributed by atoms with van der Waals surface area (Å²) in [6.07, 6.45) is 6.63. The number of nitrogens with zero attached hydrogens (tertiary/aromatic N) is 2. The van der Waals surface area contributed by atoms with E-state index in [1.54, 1.807) is 6.07 Å². The second kappa shape index (κ2) is 5.85. The van der Waals surface area contributed by atoms with Crippen molar-refractivity contribution in [3.63, 3.8) is 0 Å². The van der Waals surface area contributed by atoms with Gasteiger partial charge in [0, 0.05) is 18.2 Å². The third kappa shape index (κ3) is 3.76. The van der Waals surface area contributed by atoms with Gasteiger partial charge in [0.2, 0.25) is 0 Å². The fourth-order valence-electron chi connectivity index (χ4n) is 1.26. The Kier molecular flexibility index (Phi) is 4.46.